The average molecular weight is 463 g/mol. The van der Waals surface area contributed by atoms with Gasteiger partial charge in [0.05, 0.1) is 29.5 Å². The Morgan fingerprint density at radius 2 is 2.03 bits per heavy atom. The van der Waals surface area contributed by atoms with Crippen LogP contribution in [0.1, 0.15) is 34.8 Å². The maximum Gasteiger partial charge on any atom is 0.416 e. The Kier molecular flexibility index (Phi) is 5.55. The molecule has 1 unspecified atom stereocenters. The zero-order chi connectivity index (χ0) is 23.0. The number of amides is 1. The summed E-state index contributed by atoms with van der Waals surface area (Å²) in [7, 11) is 1.78. The fourth-order valence-electron chi connectivity index (χ4n) is 3.17. The number of nitrogens with two attached hydrogens (primary N) is 1. The molecule has 1 amide bonds. The van der Waals surface area contributed by atoms with Crippen LogP contribution in [0, 0.1) is 0 Å². The molecule has 8 nitrogen and oxygen atoms in total. The monoisotopic (exact) mass is 463 g/mol. The molecule has 12 heteroatoms. The summed E-state index contributed by atoms with van der Waals surface area (Å²) in [6.45, 7) is 2.22. The number of imidazole rings is 1. The Morgan fingerprint density at radius 3 is 2.72 bits per heavy atom. The minimum atomic E-state index is -4.38. The number of nitrogens with one attached hydrogen (secondary N) is 3. The molecule has 5 N–H and O–H groups in total. The number of aromatic nitrogens is 3. The number of nitrogen functional groups attached to an aromatic ring is 1. The smallest absolute Gasteiger partial charge is 0.375 e. The van der Waals surface area contributed by atoms with Gasteiger partial charge in [-0.2, -0.15) is 13.2 Å². The summed E-state index contributed by atoms with van der Waals surface area (Å²) in [5.41, 5.74) is 7.54. The van der Waals surface area contributed by atoms with Crippen molar-refractivity contribution in [1.29, 1.82) is 0 Å². The Balaban J connectivity index is 1.40. The van der Waals surface area contributed by atoms with Gasteiger partial charge in [-0.05, 0) is 37.3 Å². The first kappa shape index (κ1) is 21.7. The molecule has 3 aromatic rings. The third-order valence-corrected chi connectivity index (χ3v) is 6.08. The molecule has 0 radical (unpaired) electrons. The van der Waals surface area contributed by atoms with E-state index in [2.05, 4.69) is 25.9 Å². The summed E-state index contributed by atoms with van der Waals surface area (Å²) < 4.78 is 39.8. The molecular weight excluding hydrogens is 443 g/mol. The lowest BCUT2D eigenvalue weighted by atomic mass is 10.2. The molecule has 0 saturated carbocycles. The highest BCUT2D eigenvalue weighted by Crippen LogP contribution is 2.31. The van der Waals surface area contributed by atoms with Crippen molar-refractivity contribution in [3.63, 3.8) is 0 Å². The van der Waals surface area contributed by atoms with Crippen molar-refractivity contribution < 1.29 is 18.0 Å². The highest BCUT2D eigenvalue weighted by atomic mass is 32.1. The standard InChI is InChI=1S/C20H20F3N7OS/c1-10(27-17(31)13-7-15-14(8-25-13)29-18(24)30(15)2)16-9-26-19(32-16)28-12-5-3-11(4-6-12)20(21,22)23/h3-7,9-10,25H,8H2,1-2H3,(H2,24,29)(H,26,28)(H,27,31). The van der Waals surface area contributed by atoms with Gasteiger partial charge in [0.1, 0.15) is 5.70 Å². The second kappa shape index (κ2) is 8.19. The van der Waals surface area contributed by atoms with Gasteiger partial charge in [0, 0.05) is 23.8 Å². The molecule has 4 rings (SSSR count). The molecule has 3 heterocycles. The Morgan fingerprint density at radius 1 is 1.31 bits per heavy atom. The number of alkyl halides is 3. The number of nitrogens with zero attached hydrogens (tertiary/aromatic N) is 3. The van der Waals surface area contributed by atoms with E-state index in [1.54, 1.807) is 23.9 Å². The normalized spacial score (nSPS) is 14.2. The third-order valence-electron chi connectivity index (χ3n) is 4.98. The van der Waals surface area contributed by atoms with E-state index in [4.69, 9.17) is 5.73 Å². The van der Waals surface area contributed by atoms with Crippen LogP contribution in [-0.4, -0.2) is 20.4 Å². The van der Waals surface area contributed by atoms with Gasteiger partial charge in [0.2, 0.25) is 5.95 Å². The number of anilines is 3. The zero-order valence-corrected chi connectivity index (χ0v) is 17.9. The van der Waals surface area contributed by atoms with E-state index in [0.29, 0.717) is 29.0 Å². The molecule has 32 heavy (non-hydrogen) atoms. The highest BCUT2D eigenvalue weighted by molar-refractivity contribution is 7.15. The number of benzene rings is 1. The van der Waals surface area contributed by atoms with Crippen molar-refractivity contribution in [2.24, 2.45) is 7.05 Å². The molecule has 1 aliphatic heterocycles. The third kappa shape index (κ3) is 4.40. The summed E-state index contributed by atoms with van der Waals surface area (Å²) in [4.78, 5) is 22.0. The Bertz CT molecular complexity index is 1180. The number of thiazole rings is 1. The lowest BCUT2D eigenvalue weighted by Crippen LogP contribution is -2.34. The van der Waals surface area contributed by atoms with Gasteiger partial charge < -0.3 is 26.3 Å². The van der Waals surface area contributed by atoms with Gasteiger partial charge in [-0.3, -0.25) is 4.79 Å². The van der Waals surface area contributed by atoms with Crippen molar-refractivity contribution in [3.05, 3.63) is 58.0 Å². The van der Waals surface area contributed by atoms with Gasteiger partial charge in [0.15, 0.2) is 5.13 Å². The van der Waals surface area contributed by atoms with Gasteiger partial charge in [-0.1, -0.05) is 11.3 Å². The fraction of sp³-hybridized carbons (Fsp3) is 0.250. The largest absolute Gasteiger partial charge is 0.416 e. The van der Waals surface area contributed by atoms with E-state index in [9.17, 15) is 18.0 Å². The van der Waals surface area contributed by atoms with Crippen LogP contribution >= 0.6 is 11.3 Å². The Labute approximate surface area is 185 Å². The summed E-state index contributed by atoms with van der Waals surface area (Å²) in [6, 6.07) is 4.37. The molecule has 1 aromatic carbocycles. The Hall–Kier alpha value is -3.54. The molecule has 0 spiro atoms. The lowest BCUT2D eigenvalue weighted by Gasteiger charge is -2.18. The number of carbonyl (C=O) groups is 1. The number of hydrogen-bond donors (Lipinski definition) is 4. The van der Waals surface area contributed by atoms with Crippen molar-refractivity contribution >= 4 is 40.1 Å². The van der Waals surface area contributed by atoms with Crippen molar-refractivity contribution in [1.82, 2.24) is 25.2 Å². The van der Waals surface area contributed by atoms with Gasteiger partial charge in [-0.15, -0.1) is 0 Å². The van der Waals surface area contributed by atoms with E-state index >= 15 is 0 Å². The molecule has 2 aromatic heterocycles. The molecule has 0 bridgehead atoms. The molecule has 0 aliphatic carbocycles. The van der Waals surface area contributed by atoms with Crippen LogP contribution in [0.15, 0.2) is 36.2 Å². The highest BCUT2D eigenvalue weighted by Gasteiger charge is 2.30. The lowest BCUT2D eigenvalue weighted by molar-refractivity contribution is -0.137. The number of rotatable bonds is 5. The number of carbonyl (C=O) groups excluding carboxylic acids is 1. The second-order valence-corrected chi connectivity index (χ2v) is 8.30. The molecule has 1 aliphatic rings. The summed E-state index contributed by atoms with van der Waals surface area (Å²) >= 11 is 1.30. The minimum absolute atomic E-state index is 0.284. The predicted octanol–water partition coefficient (Wildman–Crippen LogP) is 3.54. The summed E-state index contributed by atoms with van der Waals surface area (Å²) in [5, 5.41) is 9.43. The number of halogens is 3. The van der Waals surface area contributed by atoms with Crippen molar-refractivity contribution in [2.45, 2.75) is 25.7 Å². The molecule has 1 atom stereocenters. The predicted molar refractivity (Wildman–Crippen MR) is 116 cm³/mol. The van der Waals surface area contributed by atoms with Gasteiger partial charge in [-0.25, -0.2) is 9.97 Å². The first-order valence-electron chi connectivity index (χ1n) is 9.59. The number of fused-ring (bicyclic) bond motifs is 1. The van der Waals surface area contributed by atoms with Crippen LogP contribution in [0.25, 0.3) is 6.08 Å². The first-order valence-corrected chi connectivity index (χ1v) is 10.4. The van der Waals surface area contributed by atoms with Crippen LogP contribution in [0.4, 0.5) is 29.9 Å². The van der Waals surface area contributed by atoms with E-state index in [1.807, 2.05) is 6.92 Å². The molecule has 0 saturated heterocycles. The van der Waals surface area contributed by atoms with E-state index < -0.39 is 11.7 Å². The SMILES string of the molecule is CC(NC(=O)C1=Cc2c(nc(N)n2C)CN1)c1cnc(Nc2ccc(C(F)(F)F)cc2)s1. The van der Waals surface area contributed by atoms with E-state index in [-0.39, 0.29) is 11.9 Å². The summed E-state index contributed by atoms with van der Waals surface area (Å²) in [5.74, 6) is 0.0920. The first-order chi connectivity index (χ1) is 15.1. The maximum absolute atomic E-state index is 12.7. The quantitative estimate of drug-likeness (QED) is 0.461. The van der Waals surface area contributed by atoms with E-state index in [0.717, 1.165) is 28.4 Å². The van der Waals surface area contributed by atoms with Gasteiger partial charge in [0.25, 0.3) is 5.91 Å². The zero-order valence-electron chi connectivity index (χ0n) is 17.1. The molecular formula is C20H20F3N7OS. The van der Waals surface area contributed by atoms with Crippen LogP contribution < -0.4 is 21.7 Å². The molecule has 0 fully saturated rings. The van der Waals surface area contributed by atoms with Crippen LogP contribution in [0.3, 0.4) is 0 Å². The summed E-state index contributed by atoms with van der Waals surface area (Å²) in [6.07, 6.45) is -1.06. The average Bonchev–Trinajstić information content (AvgIpc) is 3.32. The fourth-order valence-corrected chi connectivity index (χ4v) is 4.01. The maximum atomic E-state index is 12.7. The minimum Gasteiger partial charge on any atom is -0.375 e. The van der Waals surface area contributed by atoms with Crippen LogP contribution in [0.5, 0.6) is 0 Å². The van der Waals surface area contributed by atoms with Crippen molar-refractivity contribution in [2.75, 3.05) is 11.1 Å². The topological polar surface area (TPSA) is 110 Å². The van der Waals surface area contributed by atoms with E-state index in [1.165, 1.54) is 23.5 Å². The van der Waals surface area contributed by atoms with Crippen LogP contribution in [0.2, 0.25) is 0 Å². The second-order valence-electron chi connectivity index (χ2n) is 7.24. The number of hydrogen-bond acceptors (Lipinski definition) is 7. The van der Waals surface area contributed by atoms with Crippen LogP contribution in [-0.2, 0) is 24.6 Å². The van der Waals surface area contributed by atoms with Gasteiger partial charge >= 0.3 is 6.18 Å². The molecule has 168 valence electrons. The van der Waals surface area contributed by atoms with Crippen molar-refractivity contribution in [3.8, 4) is 0 Å².